The van der Waals surface area contributed by atoms with Gasteiger partial charge >= 0.3 is 0 Å². The lowest BCUT2D eigenvalue weighted by Crippen LogP contribution is -2.43. The molecule has 0 aliphatic carbocycles. The van der Waals surface area contributed by atoms with E-state index in [2.05, 4.69) is 33.0 Å². The van der Waals surface area contributed by atoms with Crippen LogP contribution in [0, 0.1) is 5.92 Å². The van der Waals surface area contributed by atoms with Crippen molar-refractivity contribution in [1.82, 2.24) is 15.5 Å². The molecule has 4 rings (SSSR count). The van der Waals surface area contributed by atoms with Crippen LogP contribution in [0.2, 0.25) is 0 Å². The molecule has 2 atom stereocenters. The van der Waals surface area contributed by atoms with Gasteiger partial charge in [0.05, 0.1) is 38.7 Å². The van der Waals surface area contributed by atoms with Crippen LogP contribution < -0.4 is 10.6 Å². The van der Waals surface area contributed by atoms with Crippen molar-refractivity contribution in [3.05, 3.63) is 46.5 Å². The molecule has 2 aliphatic heterocycles. The number of thiophene rings is 1. The van der Waals surface area contributed by atoms with Gasteiger partial charge in [-0.25, -0.2) is 0 Å². The predicted molar refractivity (Wildman–Crippen MR) is 135 cm³/mol. The van der Waals surface area contributed by atoms with Crippen molar-refractivity contribution in [1.29, 1.82) is 0 Å². The summed E-state index contributed by atoms with van der Waals surface area (Å²) in [5, 5.41) is 9.16. The number of morpholine rings is 1. The van der Waals surface area contributed by atoms with E-state index < -0.39 is 0 Å². The van der Waals surface area contributed by atoms with Crippen molar-refractivity contribution in [2.24, 2.45) is 10.9 Å². The lowest BCUT2D eigenvalue weighted by Gasteiger charge is -2.33. The van der Waals surface area contributed by atoms with Gasteiger partial charge in [0.2, 0.25) is 0 Å². The van der Waals surface area contributed by atoms with Crippen molar-refractivity contribution < 1.29 is 13.9 Å². The van der Waals surface area contributed by atoms with Gasteiger partial charge in [0, 0.05) is 50.0 Å². The van der Waals surface area contributed by atoms with Crippen LogP contribution in [0.3, 0.4) is 0 Å². The maximum Gasteiger partial charge on any atom is 0.191 e. The van der Waals surface area contributed by atoms with Crippen LogP contribution in [0.5, 0.6) is 0 Å². The second-order valence-electron chi connectivity index (χ2n) is 7.74. The monoisotopic (exact) mass is 560 g/mol. The Balaban J connectivity index is 0.00000272. The van der Waals surface area contributed by atoms with Crippen molar-refractivity contribution in [3.63, 3.8) is 0 Å². The van der Waals surface area contributed by atoms with Gasteiger partial charge in [-0.2, -0.15) is 0 Å². The van der Waals surface area contributed by atoms with Crippen molar-refractivity contribution in [2.45, 2.75) is 18.9 Å². The summed E-state index contributed by atoms with van der Waals surface area (Å²) >= 11 is 1.80. The van der Waals surface area contributed by atoms with E-state index in [0.29, 0.717) is 5.92 Å². The molecule has 0 aromatic carbocycles. The first-order chi connectivity index (χ1) is 14.9. The summed E-state index contributed by atoms with van der Waals surface area (Å²) in [6.45, 7) is 7.56. The number of aliphatic imine (C=N–C) groups is 1. The molecule has 2 aromatic heterocycles. The molecule has 0 amide bonds. The molecule has 4 heterocycles. The second-order valence-corrected chi connectivity index (χ2v) is 8.71. The first kappa shape index (κ1) is 24.5. The van der Waals surface area contributed by atoms with Gasteiger partial charge in [-0.15, -0.1) is 35.3 Å². The van der Waals surface area contributed by atoms with E-state index >= 15 is 0 Å². The molecule has 0 saturated carbocycles. The predicted octanol–water partition coefficient (Wildman–Crippen LogP) is 3.15. The average Bonchev–Trinajstić information content (AvgIpc) is 3.56. The standard InChI is InChI=1S/C22H32N4O3S.HI/c1-3-19(29-10-1)5-7-23-22(24-15-18-6-11-28-17-18)25-16-20(21-4-2-14-30-21)26-8-12-27-13-9-26;/h1-4,10,14,18,20H,5-9,11-13,15-17H2,(H2,23,24,25);1H. The number of halogens is 1. The Kier molecular flexibility index (Phi) is 10.6. The highest BCUT2D eigenvalue weighted by Crippen LogP contribution is 2.26. The first-order valence-electron chi connectivity index (χ1n) is 10.9. The van der Waals surface area contributed by atoms with Crippen LogP contribution in [-0.2, 0) is 15.9 Å². The maximum absolute atomic E-state index is 5.56. The lowest BCUT2D eigenvalue weighted by atomic mass is 10.1. The van der Waals surface area contributed by atoms with Crippen LogP contribution in [0.4, 0.5) is 0 Å². The molecule has 0 spiro atoms. The first-order valence-corrected chi connectivity index (χ1v) is 11.7. The van der Waals surface area contributed by atoms with E-state index in [0.717, 1.165) is 83.7 Å². The third kappa shape index (κ3) is 7.74. The van der Waals surface area contributed by atoms with Crippen LogP contribution in [0.25, 0.3) is 0 Å². The number of nitrogens with zero attached hydrogens (tertiary/aromatic N) is 2. The van der Waals surface area contributed by atoms with Crippen molar-refractivity contribution in [3.8, 4) is 0 Å². The molecule has 2 aliphatic rings. The Labute approximate surface area is 205 Å². The summed E-state index contributed by atoms with van der Waals surface area (Å²) in [7, 11) is 0. The minimum Gasteiger partial charge on any atom is -0.469 e. The summed E-state index contributed by atoms with van der Waals surface area (Å²) in [4.78, 5) is 8.83. The summed E-state index contributed by atoms with van der Waals surface area (Å²) in [5.74, 6) is 2.40. The van der Waals surface area contributed by atoms with E-state index in [9.17, 15) is 0 Å². The summed E-state index contributed by atoms with van der Waals surface area (Å²) < 4.78 is 16.5. The number of guanidine groups is 1. The Morgan fingerprint density at radius 2 is 2.06 bits per heavy atom. The Morgan fingerprint density at radius 1 is 1.16 bits per heavy atom. The molecule has 2 fully saturated rings. The summed E-state index contributed by atoms with van der Waals surface area (Å²) in [6, 6.07) is 8.56. The minimum atomic E-state index is 0. The summed E-state index contributed by atoms with van der Waals surface area (Å²) in [5.41, 5.74) is 0. The highest BCUT2D eigenvalue weighted by molar-refractivity contribution is 14.0. The number of furan rings is 1. The van der Waals surface area contributed by atoms with Crippen LogP contribution in [0.15, 0.2) is 45.3 Å². The van der Waals surface area contributed by atoms with E-state index in [-0.39, 0.29) is 30.0 Å². The topological polar surface area (TPSA) is 71.3 Å². The zero-order valence-corrected chi connectivity index (χ0v) is 21.0. The fourth-order valence-corrected chi connectivity index (χ4v) is 4.70. The highest BCUT2D eigenvalue weighted by atomic mass is 127. The molecular formula is C22H33IN4O3S. The van der Waals surface area contributed by atoms with Gasteiger partial charge in [-0.3, -0.25) is 9.89 Å². The van der Waals surface area contributed by atoms with E-state index in [1.165, 1.54) is 4.88 Å². The maximum atomic E-state index is 5.56. The Morgan fingerprint density at radius 3 is 2.77 bits per heavy atom. The van der Waals surface area contributed by atoms with Crippen LogP contribution in [-0.4, -0.2) is 70.0 Å². The third-order valence-electron chi connectivity index (χ3n) is 5.61. The van der Waals surface area contributed by atoms with Crippen LogP contribution in [0.1, 0.15) is 23.1 Å². The SMILES string of the molecule is I.c1coc(CCNC(=NCC(c2cccs2)N2CCOCC2)NCC2CCOC2)c1. The molecule has 2 saturated heterocycles. The normalized spacial score (nSPS) is 20.9. The van der Waals surface area contributed by atoms with Gasteiger partial charge in [0.25, 0.3) is 0 Å². The molecule has 172 valence electrons. The molecule has 2 aromatic rings. The lowest BCUT2D eigenvalue weighted by molar-refractivity contribution is 0.0186. The molecule has 0 radical (unpaired) electrons. The molecular weight excluding hydrogens is 527 g/mol. The van der Waals surface area contributed by atoms with Gasteiger partial charge in [0.1, 0.15) is 5.76 Å². The van der Waals surface area contributed by atoms with Crippen molar-refractivity contribution >= 4 is 41.3 Å². The highest BCUT2D eigenvalue weighted by Gasteiger charge is 2.23. The number of nitrogens with one attached hydrogen (secondary N) is 2. The van der Waals surface area contributed by atoms with Gasteiger partial charge in [-0.05, 0) is 30.0 Å². The fourth-order valence-electron chi connectivity index (χ4n) is 3.85. The molecule has 7 nitrogen and oxygen atoms in total. The minimum absolute atomic E-state index is 0. The second kappa shape index (κ2) is 13.4. The number of hydrogen-bond donors (Lipinski definition) is 2. The Bertz CT molecular complexity index is 745. The molecule has 2 N–H and O–H groups in total. The van der Waals surface area contributed by atoms with E-state index in [1.807, 2.05) is 12.1 Å². The number of rotatable bonds is 9. The van der Waals surface area contributed by atoms with Gasteiger partial charge in [-0.1, -0.05) is 6.07 Å². The Hall–Kier alpha value is -1.14. The van der Waals surface area contributed by atoms with E-state index in [4.69, 9.17) is 18.9 Å². The smallest absolute Gasteiger partial charge is 0.191 e. The molecule has 9 heteroatoms. The number of hydrogen-bond acceptors (Lipinski definition) is 6. The largest absolute Gasteiger partial charge is 0.469 e. The third-order valence-corrected chi connectivity index (χ3v) is 6.58. The fraction of sp³-hybridized carbons (Fsp3) is 0.591. The number of ether oxygens (including phenoxy) is 2. The van der Waals surface area contributed by atoms with Gasteiger partial charge < -0.3 is 24.5 Å². The zero-order valence-electron chi connectivity index (χ0n) is 17.8. The molecule has 0 bridgehead atoms. The van der Waals surface area contributed by atoms with Crippen molar-refractivity contribution in [2.75, 3.05) is 59.2 Å². The molecule has 31 heavy (non-hydrogen) atoms. The van der Waals surface area contributed by atoms with E-state index in [1.54, 1.807) is 17.6 Å². The van der Waals surface area contributed by atoms with Gasteiger partial charge in [0.15, 0.2) is 5.96 Å². The molecule has 2 unspecified atom stereocenters. The quantitative estimate of drug-likeness (QED) is 0.279. The average molecular weight is 561 g/mol. The zero-order chi connectivity index (χ0) is 20.4. The summed E-state index contributed by atoms with van der Waals surface area (Å²) in [6.07, 6.45) is 3.66. The van der Waals surface area contributed by atoms with Crippen LogP contribution >= 0.6 is 35.3 Å².